The molecule has 0 saturated carbocycles. The normalized spacial score (nSPS) is 20.7. The van der Waals surface area contributed by atoms with Crippen LogP contribution in [-0.4, -0.2) is 16.1 Å². The number of allylic oxidation sites excluding steroid dienone is 1. The van der Waals surface area contributed by atoms with Crippen molar-refractivity contribution in [2.45, 2.75) is 18.6 Å². The van der Waals surface area contributed by atoms with Gasteiger partial charge in [0.1, 0.15) is 0 Å². The second-order valence-corrected chi connectivity index (χ2v) is 4.72. The van der Waals surface area contributed by atoms with Crippen LogP contribution in [0.15, 0.2) is 35.0 Å². The predicted octanol–water partition coefficient (Wildman–Crippen LogP) is 2.62. The number of aliphatic carboxylic acids is 1. The number of hydrogen-bond acceptors (Lipinski definition) is 3. The number of rotatable bonds is 2. The minimum atomic E-state index is -0.816. The first-order valence-electron chi connectivity index (χ1n) is 4.68. The molecule has 78 valence electrons. The zero-order valence-corrected chi connectivity index (χ0v) is 9.12. The monoisotopic (exact) mass is 221 g/mol. The Morgan fingerprint density at radius 1 is 1.67 bits per heavy atom. The van der Waals surface area contributed by atoms with Crippen molar-refractivity contribution in [3.63, 3.8) is 0 Å². The average Bonchev–Trinajstić information content (AvgIpc) is 2.62. The molecule has 0 bridgehead atoms. The Bertz CT molecular complexity index is 414. The van der Waals surface area contributed by atoms with Crippen molar-refractivity contribution < 1.29 is 9.90 Å². The van der Waals surface area contributed by atoms with Crippen molar-refractivity contribution in [1.29, 1.82) is 0 Å². The molecular formula is C11H11NO2S. The highest BCUT2D eigenvalue weighted by Gasteiger charge is 2.27. The first-order valence-corrected chi connectivity index (χ1v) is 5.56. The Kier molecular flexibility index (Phi) is 2.77. The summed E-state index contributed by atoms with van der Waals surface area (Å²) in [6.07, 6.45) is 4.33. The van der Waals surface area contributed by atoms with Crippen LogP contribution in [0.25, 0.3) is 0 Å². The van der Waals surface area contributed by atoms with Crippen molar-refractivity contribution in [2.75, 3.05) is 0 Å². The number of nitrogens with zero attached hydrogens (tertiary/aromatic N) is 1. The predicted molar refractivity (Wildman–Crippen MR) is 59.5 cm³/mol. The van der Waals surface area contributed by atoms with E-state index in [1.54, 1.807) is 12.4 Å². The smallest absolute Gasteiger partial charge is 0.342 e. The van der Waals surface area contributed by atoms with Gasteiger partial charge in [0, 0.05) is 17.6 Å². The van der Waals surface area contributed by atoms with E-state index in [-0.39, 0.29) is 5.25 Å². The Morgan fingerprint density at radius 3 is 3.00 bits per heavy atom. The Hall–Kier alpha value is -1.29. The van der Waals surface area contributed by atoms with E-state index in [0.717, 1.165) is 17.6 Å². The summed E-state index contributed by atoms with van der Waals surface area (Å²) < 4.78 is 0. The third-order valence-electron chi connectivity index (χ3n) is 2.39. The van der Waals surface area contributed by atoms with E-state index in [1.807, 2.05) is 19.1 Å². The van der Waals surface area contributed by atoms with Crippen LogP contribution in [0.2, 0.25) is 0 Å². The lowest BCUT2D eigenvalue weighted by molar-refractivity contribution is -0.131. The molecule has 1 aliphatic heterocycles. The van der Waals surface area contributed by atoms with Crippen LogP contribution < -0.4 is 0 Å². The molecule has 1 unspecified atom stereocenters. The van der Waals surface area contributed by atoms with E-state index >= 15 is 0 Å². The van der Waals surface area contributed by atoms with Crippen molar-refractivity contribution >= 4 is 17.7 Å². The van der Waals surface area contributed by atoms with E-state index in [0.29, 0.717) is 4.91 Å². The second kappa shape index (κ2) is 4.06. The molecule has 0 saturated heterocycles. The van der Waals surface area contributed by atoms with E-state index in [9.17, 15) is 4.79 Å². The molecule has 1 aromatic heterocycles. The van der Waals surface area contributed by atoms with Gasteiger partial charge in [-0.15, -0.1) is 11.8 Å². The van der Waals surface area contributed by atoms with E-state index in [1.165, 1.54) is 11.8 Å². The maximum atomic E-state index is 10.9. The fourth-order valence-electron chi connectivity index (χ4n) is 1.64. The van der Waals surface area contributed by atoms with Gasteiger partial charge in [-0.3, -0.25) is 4.98 Å². The van der Waals surface area contributed by atoms with Crippen LogP contribution in [-0.2, 0) is 4.79 Å². The standard InChI is InChI=1S/C11H11NO2S/c1-7-5-9(15-10(7)11(13)14)8-3-2-4-12-6-8/h2-4,6,9H,5H2,1H3,(H,13,14). The molecule has 2 rings (SSSR count). The molecule has 0 aliphatic carbocycles. The summed E-state index contributed by atoms with van der Waals surface area (Å²) in [5.74, 6) is -0.816. The topological polar surface area (TPSA) is 50.2 Å². The van der Waals surface area contributed by atoms with Gasteiger partial charge in [-0.1, -0.05) is 11.6 Å². The molecule has 0 radical (unpaired) electrons. The van der Waals surface area contributed by atoms with Crippen LogP contribution in [0.5, 0.6) is 0 Å². The molecule has 0 amide bonds. The van der Waals surface area contributed by atoms with E-state index in [4.69, 9.17) is 5.11 Å². The lowest BCUT2D eigenvalue weighted by atomic mass is 10.1. The number of carboxylic acids is 1. The summed E-state index contributed by atoms with van der Waals surface area (Å²) in [6, 6.07) is 3.87. The number of hydrogen-bond donors (Lipinski definition) is 1. The number of aromatic nitrogens is 1. The minimum Gasteiger partial charge on any atom is -0.477 e. The highest BCUT2D eigenvalue weighted by molar-refractivity contribution is 8.04. The maximum absolute atomic E-state index is 10.9. The fourth-order valence-corrected chi connectivity index (χ4v) is 2.92. The van der Waals surface area contributed by atoms with Crippen molar-refractivity contribution in [1.82, 2.24) is 4.98 Å². The Morgan fingerprint density at radius 2 is 2.47 bits per heavy atom. The molecule has 4 heteroatoms. The van der Waals surface area contributed by atoms with Crippen LogP contribution in [0, 0.1) is 0 Å². The van der Waals surface area contributed by atoms with E-state index < -0.39 is 5.97 Å². The van der Waals surface area contributed by atoms with Crippen molar-refractivity contribution in [3.8, 4) is 0 Å². The first-order chi connectivity index (χ1) is 7.18. The van der Waals surface area contributed by atoms with Crippen LogP contribution >= 0.6 is 11.8 Å². The summed E-state index contributed by atoms with van der Waals surface area (Å²) >= 11 is 1.42. The molecule has 2 heterocycles. The molecule has 1 N–H and O–H groups in total. The molecule has 0 fully saturated rings. The van der Waals surface area contributed by atoms with Crippen LogP contribution in [0.4, 0.5) is 0 Å². The van der Waals surface area contributed by atoms with Crippen LogP contribution in [0.1, 0.15) is 24.2 Å². The van der Waals surface area contributed by atoms with Gasteiger partial charge in [0.15, 0.2) is 0 Å². The fraction of sp³-hybridized carbons (Fsp3) is 0.273. The maximum Gasteiger partial charge on any atom is 0.342 e. The lowest BCUT2D eigenvalue weighted by Crippen LogP contribution is -1.95. The summed E-state index contributed by atoms with van der Waals surface area (Å²) in [7, 11) is 0. The van der Waals surface area contributed by atoms with Crippen LogP contribution in [0.3, 0.4) is 0 Å². The number of carboxylic acid groups (broad SMARTS) is 1. The zero-order chi connectivity index (χ0) is 10.8. The summed E-state index contributed by atoms with van der Waals surface area (Å²) in [5, 5.41) is 9.17. The SMILES string of the molecule is CC1=C(C(=O)O)SC(c2cccnc2)C1. The van der Waals surface area contributed by atoms with Gasteiger partial charge < -0.3 is 5.11 Å². The highest BCUT2D eigenvalue weighted by Crippen LogP contribution is 2.47. The van der Waals surface area contributed by atoms with Gasteiger partial charge in [0.05, 0.1) is 4.91 Å². The largest absolute Gasteiger partial charge is 0.477 e. The third kappa shape index (κ3) is 2.04. The molecular weight excluding hydrogens is 210 g/mol. The highest BCUT2D eigenvalue weighted by atomic mass is 32.2. The van der Waals surface area contributed by atoms with Crippen molar-refractivity contribution in [2.24, 2.45) is 0 Å². The van der Waals surface area contributed by atoms with Gasteiger partial charge >= 0.3 is 5.97 Å². The van der Waals surface area contributed by atoms with Crippen molar-refractivity contribution in [3.05, 3.63) is 40.6 Å². The van der Waals surface area contributed by atoms with Gasteiger partial charge in [-0.05, 0) is 25.0 Å². The number of thioether (sulfide) groups is 1. The average molecular weight is 221 g/mol. The third-order valence-corrected chi connectivity index (χ3v) is 3.87. The Balaban J connectivity index is 2.17. The molecule has 1 aliphatic rings. The number of carbonyl (C=O) groups is 1. The van der Waals surface area contributed by atoms with E-state index in [2.05, 4.69) is 4.98 Å². The molecule has 0 spiro atoms. The molecule has 15 heavy (non-hydrogen) atoms. The second-order valence-electron chi connectivity index (χ2n) is 3.51. The van der Waals surface area contributed by atoms with Gasteiger partial charge in [0.25, 0.3) is 0 Å². The summed E-state index contributed by atoms with van der Waals surface area (Å²) in [4.78, 5) is 15.4. The molecule has 1 aromatic rings. The molecule has 3 nitrogen and oxygen atoms in total. The summed E-state index contributed by atoms with van der Waals surface area (Å²) in [6.45, 7) is 1.88. The minimum absolute atomic E-state index is 0.213. The molecule has 0 aromatic carbocycles. The Labute approximate surface area is 92.2 Å². The van der Waals surface area contributed by atoms with Gasteiger partial charge in [-0.2, -0.15) is 0 Å². The van der Waals surface area contributed by atoms with Gasteiger partial charge in [-0.25, -0.2) is 4.79 Å². The quantitative estimate of drug-likeness (QED) is 0.834. The zero-order valence-electron chi connectivity index (χ0n) is 8.30. The number of pyridine rings is 1. The molecule has 1 atom stereocenters. The summed E-state index contributed by atoms with van der Waals surface area (Å²) in [5.41, 5.74) is 2.06. The lowest BCUT2D eigenvalue weighted by Gasteiger charge is -2.08. The first kappa shape index (κ1) is 10.2. The van der Waals surface area contributed by atoms with Gasteiger partial charge in [0.2, 0.25) is 0 Å².